The van der Waals surface area contributed by atoms with Crippen molar-refractivity contribution in [2.24, 2.45) is 0 Å². The number of nitrogens with one attached hydrogen (secondary N) is 1. The van der Waals surface area contributed by atoms with E-state index in [-0.39, 0.29) is 17.5 Å². The van der Waals surface area contributed by atoms with E-state index in [1.165, 1.54) is 6.07 Å². The molecule has 2 nitrogen and oxygen atoms in total. The van der Waals surface area contributed by atoms with Gasteiger partial charge in [0.05, 0.1) is 5.60 Å². The first kappa shape index (κ1) is 13.5. The van der Waals surface area contributed by atoms with Crippen molar-refractivity contribution in [1.82, 2.24) is 5.32 Å². The number of likely N-dealkylation sites (N-methyl/N-ethyl adjacent to an activating group) is 1. The molecule has 1 aliphatic heterocycles. The van der Waals surface area contributed by atoms with Crippen LogP contribution in [0.3, 0.4) is 0 Å². The minimum atomic E-state index is -0.166. The summed E-state index contributed by atoms with van der Waals surface area (Å²) in [6, 6.07) is 7.09. The van der Waals surface area contributed by atoms with Crippen LogP contribution in [0.15, 0.2) is 24.3 Å². The highest BCUT2D eigenvalue weighted by atomic mass is 19.1. The van der Waals surface area contributed by atoms with E-state index in [1.54, 1.807) is 12.1 Å². The first-order valence-corrected chi connectivity index (χ1v) is 6.76. The summed E-state index contributed by atoms with van der Waals surface area (Å²) >= 11 is 0. The van der Waals surface area contributed by atoms with Gasteiger partial charge in [0.2, 0.25) is 0 Å². The van der Waals surface area contributed by atoms with Crippen molar-refractivity contribution in [1.29, 1.82) is 0 Å². The first-order chi connectivity index (χ1) is 8.64. The number of hydrogen-bond donors (Lipinski definition) is 1. The second-order valence-corrected chi connectivity index (χ2v) is 5.21. The zero-order chi connectivity index (χ0) is 13.0. The Morgan fingerprint density at radius 1 is 1.50 bits per heavy atom. The molecule has 1 aromatic carbocycles. The number of ether oxygens (including phenoxy) is 1. The van der Waals surface area contributed by atoms with Crippen molar-refractivity contribution in [2.75, 3.05) is 13.2 Å². The Balaban J connectivity index is 2.10. The summed E-state index contributed by atoms with van der Waals surface area (Å²) in [6.07, 6.45) is 2.99. The van der Waals surface area contributed by atoms with Gasteiger partial charge in [0.15, 0.2) is 0 Å². The largest absolute Gasteiger partial charge is 0.374 e. The quantitative estimate of drug-likeness (QED) is 0.868. The van der Waals surface area contributed by atoms with E-state index in [0.717, 1.165) is 38.0 Å². The lowest BCUT2D eigenvalue weighted by Crippen LogP contribution is -2.49. The third-order valence-corrected chi connectivity index (χ3v) is 3.77. The Labute approximate surface area is 109 Å². The third-order valence-electron chi connectivity index (χ3n) is 3.77. The molecule has 1 N–H and O–H groups in total. The second-order valence-electron chi connectivity index (χ2n) is 5.21. The maximum Gasteiger partial charge on any atom is 0.123 e. The fourth-order valence-electron chi connectivity index (χ4n) is 2.73. The molecule has 0 amide bonds. The van der Waals surface area contributed by atoms with Crippen LogP contribution in [0.5, 0.6) is 0 Å². The molecule has 2 unspecified atom stereocenters. The second kappa shape index (κ2) is 5.81. The Hall–Kier alpha value is -0.930. The molecule has 100 valence electrons. The number of halogens is 1. The SMILES string of the molecule is CCNC(Cc1cccc(F)c1)C1(C)CCCO1. The van der Waals surface area contributed by atoms with E-state index in [1.807, 2.05) is 6.07 Å². The lowest BCUT2D eigenvalue weighted by atomic mass is 9.88. The molecule has 1 heterocycles. The predicted octanol–water partition coefficient (Wildman–Crippen LogP) is 2.92. The van der Waals surface area contributed by atoms with E-state index in [4.69, 9.17) is 4.74 Å². The van der Waals surface area contributed by atoms with Crippen molar-refractivity contribution in [3.05, 3.63) is 35.6 Å². The molecule has 1 aliphatic rings. The molecule has 0 spiro atoms. The molecule has 0 aromatic heterocycles. The minimum Gasteiger partial charge on any atom is -0.374 e. The van der Waals surface area contributed by atoms with Crippen molar-refractivity contribution in [3.8, 4) is 0 Å². The zero-order valence-corrected chi connectivity index (χ0v) is 11.2. The van der Waals surface area contributed by atoms with Crippen LogP contribution in [0.2, 0.25) is 0 Å². The van der Waals surface area contributed by atoms with Crippen LogP contribution in [0.25, 0.3) is 0 Å². The molecule has 0 saturated carbocycles. The van der Waals surface area contributed by atoms with Gasteiger partial charge in [-0.25, -0.2) is 4.39 Å². The molecule has 1 saturated heterocycles. The van der Waals surface area contributed by atoms with Gasteiger partial charge in [-0.05, 0) is 50.4 Å². The van der Waals surface area contributed by atoms with Crippen molar-refractivity contribution < 1.29 is 9.13 Å². The van der Waals surface area contributed by atoms with E-state index in [0.29, 0.717) is 0 Å². The highest BCUT2D eigenvalue weighted by Gasteiger charge is 2.37. The normalized spacial score (nSPS) is 25.3. The molecule has 3 heteroatoms. The lowest BCUT2D eigenvalue weighted by molar-refractivity contribution is -0.0110. The van der Waals surface area contributed by atoms with Crippen LogP contribution in [-0.2, 0) is 11.2 Å². The highest BCUT2D eigenvalue weighted by Crippen LogP contribution is 2.30. The monoisotopic (exact) mass is 251 g/mol. The molecular formula is C15H22FNO. The van der Waals surface area contributed by atoms with Gasteiger partial charge in [0, 0.05) is 12.6 Å². The molecule has 1 fully saturated rings. The average Bonchev–Trinajstić information content (AvgIpc) is 2.77. The molecule has 18 heavy (non-hydrogen) atoms. The van der Waals surface area contributed by atoms with Crippen LogP contribution < -0.4 is 5.32 Å². The predicted molar refractivity (Wildman–Crippen MR) is 71.2 cm³/mol. The van der Waals surface area contributed by atoms with Gasteiger partial charge in [0.25, 0.3) is 0 Å². The zero-order valence-electron chi connectivity index (χ0n) is 11.2. The fraction of sp³-hybridized carbons (Fsp3) is 0.600. The molecule has 1 aromatic rings. The van der Waals surface area contributed by atoms with Crippen LogP contribution in [-0.4, -0.2) is 24.8 Å². The summed E-state index contributed by atoms with van der Waals surface area (Å²) in [7, 11) is 0. The molecule has 0 bridgehead atoms. The van der Waals surface area contributed by atoms with Gasteiger partial charge in [-0.1, -0.05) is 19.1 Å². The maximum atomic E-state index is 13.2. The van der Waals surface area contributed by atoms with Crippen molar-refractivity contribution in [3.63, 3.8) is 0 Å². The number of rotatable bonds is 5. The Bertz CT molecular complexity index is 388. The van der Waals surface area contributed by atoms with Gasteiger partial charge in [-0.3, -0.25) is 0 Å². The van der Waals surface area contributed by atoms with Gasteiger partial charge in [0.1, 0.15) is 5.82 Å². The first-order valence-electron chi connectivity index (χ1n) is 6.76. The Morgan fingerprint density at radius 2 is 2.33 bits per heavy atom. The summed E-state index contributed by atoms with van der Waals surface area (Å²) in [6.45, 7) is 5.99. The number of benzene rings is 1. The van der Waals surface area contributed by atoms with E-state index >= 15 is 0 Å². The standard InChI is InChI=1S/C15H22FNO/c1-3-17-14(15(2)8-5-9-18-15)11-12-6-4-7-13(16)10-12/h4,6-7,10,14,17H,3,5,8-9,11H2,1-2H3. The lowest BCUT2D eigenvalue weighted by Gasteiger charge is -2.34. The maximum absolute atomic E-state index is 13.2. The summed E-state index contributed by atoms with van der Waals surface area (Å²) in [5.74, 6) is -0.166. The van der Waals surface area contributed by atoms with E-state index in [9.17, 15) is 4.39 Å². The van der Waals surface area contributed by atoms with Crippen LogP contribution in [0.1, 0.15) is 32.3 Å². The smallest absolute Gasteiger partial charge is 0.123 e. The van der Waals surface area contributed by atoms with Gasteiger partial charge < -0.3 is 10.1 Å². The van der Waals surface area contributed by atoms with Crippen molar-refractivity contribution >= 4 is 0 Å². The average molecular weight is 251 g/mol. The summed E-state index contributed by atoms with van der Waals surface area (Å²) in [5, 5.41) is 3.49. The minimum absolute atomic E-state index is 0.123. The van der Waals surface area contributed by atoms with Gasteiger partial charge in [-0.2, -0.15) is 0 Å². The molecule has 0 radical (unpaired) electrons. The third kappa shape index (κ3) is 3.09. The fourth-order valence-corrected chi connectivity index (χ4v) is 2.73. The van der Waals surface area contributed by atoms with Gasteiger partial charge in [-0.15, -0.1) is 0 Å². The summed E-state index contributed by atoms with van der Waals surface area (Å²) in [4.78, 5) is 0. The highest BCUT2D eigenvalue weighted by molar-refractivity contribution is 5.18. The molecule has 2 atom stereocenters. The summed E-state index contributed by atoms with van der Waals surface area (Å²) < 4.78 is 19.1. The molecule has 0 aliphatic carbocycles. The van der Waals surface area contributed by atoms with E-state index < -0.39 is 0 Å². The Kier molecular flexibility index (Phi) is 4.36. The van der Waals surface area contributed by atoms with Crippen molar-refractivity contribution in [2.45, 2.75) is 44.8 Å². The van der Waals surface area contributed by atoms with Gasteiger partial charge >= 0.3 is 0 Å². The Morgan fingerprint density at radius 3 is 2.94 bits per heavy atom. The van der Waals surface area contributed by atoms with Crippen LogP contribution in [0.4, 0.5) is 4.39 Å². The van der Waals surface area contributed by atoms with Crippen LogP contribution in [0, 0.1) is 5.82 Å². The topological polar surface area (TPSA) is 21.3 Å². The van der Waals surface area contributed by atoms with E-state index in [2.05, 4.69) is 19.2 Å². The van der Waals surface area contributed by atoms with Crippen LogP contribution >= 0.6 is 0 Å². The molecule has 2 rings (SSSR count). The number of hydrogen-bond acceptors (Lipinski definition) is 2. The molecular weight excluding hydrogens is 229 g/mol. The summed E-state index contributed by atoms with van der Waals surface area (Å²) in [5.41, 5.74) is 0.903.